The first-order valence-electron chi connectivity index (χ1n) is 9.61. The Bertz CT molecular complexity index is 1010. The Kier molecular flexibility index (Phi) is 6.42. The van der Waals surface area contributed by atoms with Crippen LogP contribution in [-0.4, -0.2) is 38.3 Å². The number of fused-ring (bicyclic) bond motifs is 2. The molecule has 160 valence electrons. The first-order chi connectivity index (χ1) is 14.8. The topological polar surface area (TPSA) is 85.7 Å². The van der Waals surface area contributed by atoms with Crippen molar-refractivity contribution in [2.45, 2.75) is 0 Å². The highest BCUT2D eigenvalue weighted by Gasteiger charge is 2.13. The fraction of sp³-hybridized carbons (Fsp3) is 0.182. The lowest BCUT2D eigenvalue weighted by molar-refractivity contribution is 0.173. The maximum Gasteiger partial charge on any atom is 0.231 e. The predicted molar refractivity (Wildman–Crippen MR) is 124 cm³/mol. The zero-order valence-electron chi connectivity index (χ0n) is 16.5. The van der Waals surface area contributed by atoms with Crippen LogP contribution in [-0.2, 0) is 0 Å². The van der Waals surface area contributed by atoms with Crippen molar-refractivity contribution < 1.29 is 18.9 Å². The first kappa shape index (κ1) is 20.8. The van der Waals surface area contributed by atoms with E-state index in [0.29, 0.717) is 5.96 Å². The average Bonchev–Trinajstić information content (AvgIpc) is 3.53. The van der Waals surface area contributed by atoms with Gasteiger partial charge in [-0.1, -0.05) is 24.3 Å². The molecule has 0 saturated heterocycles. The van der Waals surface area contributed by atoms with Gasteiger partial charge in [-0.25, -0.2) is 10.4 Å². The van der Waals surface area contributed by atoms with Gasteiger partial charge in [-0.2, -0.15) is 5.10 Å². The fourth-order valence-corrected chi connectivity index (χ4v) is 3.12. The van der Waals surface area contributed by atoms with Gasteiger partial charge in [0.1, 0.15) is 0 Å². The van der Waals surface area contributed by atoms with Crippen molar-refractivity contribution >= 4 is 40.8 Å². The zero-order chi connectivity index (χ0) is 20.2. The van der Waals surface area contributed by atoms with Crippen LogP contribution in [0.25, 0.3) is 12.2 Å². The van der Waals surface area contributed by atoms with Gasteiger partial charge in [-0.3, -0.25) is 0 Å². The van der Waals surface area contributed by atoms with Crippen LogP contribution in [0.3, 0.4) is 0 Å². The number of nitrogens with zero attached hydrogens (tertiary/aromatic N) is 2. The van der Waals surface area contributed by atoms with Crippen LogP contribution >= 0.6 is 17.0 Å². The van der Waals surface area contributed by atoms with Crippen LogP contribution in [0.2, 0.25) is 0 Å². The number of ether oxygens (including phenoxy) is 4. The second-order valence-corrected chi connectivity index (χ2v) is 6.70. The summed E-state index contributed by atoms with van der Waals surface area (Å²) in [5.41, 5.74) is 5.67. The van der Waals surface area contributed by atoms with Crippen molar-refractivity contribution in [3.05, 3.63) is 59.7 Å². The standard InChI is InChI=1S/C22H20N4O4.BrH/c1(15-3-7-18-20(11-15)29-13-27-18)5-17(25-26-22-23-9-10-24-22)6-2-16-4-8-19-21(12-16)30-14-28-19;/h1-8,11-12H,9-10,13-14H2,(H2,23,24,26);1H/b5-1+,6-2+;. The normalized spacial score (nSPS) is 15.5. The van der Waals surface area contributed by atoms with Crippen molar-refractivity contribution in [2.75, 3.05) is 26.7 Å². The minimum absolute atomic E-state index is 0. The molecule has 0 aliphatic carbocycles. The number of hydrogen-bond acceptors (Lipinski definition) is 8. The molecular formula is C22H21BrN4O4. The fourth-order valence-electron chi connectivity index (χ4n) is 3.12. The van der Waals surface area contributed by atoms with Gasteiger partial charge in [-0.15, -0.1) is 17.0 Å². The van der Waals surface area contributed by atoms with E-state index >= 15 is 0 Å². The number of aliphatic imine (C=N–C) groups is 1. The van der Waals surface area contributed by atoms with Gasteiger partial charge < -0.3 is 24.3 Å². The SMILES string of the molecule is Br.C(=C\c1ccc2c(c1)OCO2)/C(/C=C/c1ccc2c(c1)OCO2)=NNC1=NCCN1. The minimum atomic E-state index is 0. The number of hydrogen-bond donors (Lipinski definition) is 2. The zero-order valence-corrected chi connectivity index (χ0v) is 18.3. The molecule has 0 atom stereocenters. The van der Waals surface area contributed by atoms with Crippen LogP contribution in [0.15, 0.2) is 58.6 Å². The molecule has 3 heterocycles. The van der Waals surface area contributed by atoms with Gasteiger partial charge >= 0.3 is 0 Å². The number of rotatable bonds is 5. The van der Waals surface area contributed by atoms with Crippen LogP contribution < -0.4 is 29.7 Å². The molecule has 9 heteroatoms. The van der Waals surface area contributed by atoms with E-state index in [0.717, 1.165) is 52.9 Å². The summed E-state index contributed by atoms with van der Waals surface area (Å²) in [4.78, 5) is 4.30. The lowest BCUT2D eigenvalue weighted by atomic mass is 10.1. The first-order valence-corrected chi connectivity index (χ1v) is 9.61. The molecule has 2 aromatic rings. The average molecular weight is 485 g/mol. The number of guanidine groups is 1. The summed E-state index contributed by atoms with van der Waals surface area (Å²) >= 11 is 0. The van der Waals surface area contributed by atoms with Crippen LogP contribution in [0.5, 0.6) is 23.0 Å². The Morgan fingerprint density at radius 2 is 1.45 bits per heavy atom. The molecule has 0 amide bonds. The molecule has 2 aromatic carbocycles. The smallest absolute Gasteiger partial charge is 0.231 e. The van der Waals surface area contributed by atoms with E-state index in [2.05, 4.69) is 20.8 Å². The number of halogens is 1. The maximum atomic E-state index is 5.44. The Balaban J connectivity index is 0.00000231. The summed E-state index contributed by atoms with van der Waals surface area (Å²) in [5.74, 6) is 3.68. The molecule has 0 bridgehead atoms. The van der Waals surface area contributed by atoms with Crippen molar-refractivity contribution in [1.82, 2.24) is 10.7 Å². The summed E-state index contributed by atoms with van der Waals surface area (Å²) in [6.45, 7) is 2.07. The van der Waals surface area contributed by atoms with Gasteiger partial charge in [0.2, 0.25) is 19.5 Å². The van der Waals surface area contributed by atoms with Crippen molar-refractivity contribution in [1.29, 1.82) is 0 Å². The molecular weight excluding hydrogens is 464 g/mol. The third-order valence-electron chi connectivity index (χ3n) is 4.65. The number of allylic oxidation sites excluding steroid dienone is 2. The summed E-state index contributed by atoms with van der Waals surface area (Å²) < 4.78 is 21.6. The molecule has 0 saturated carbocycles. The molecule has 0 radical (unpaired) electrons. The van der Waals surface area contributed by atoms with Gasteiger partial charge in [0.25, 0.3) is 0 Å². The molecule has 0 spiro atoms. The molecule has 0 unspecified atom stereocenters. The van der Waals surface area contributed by atoms with Gasteiger partial charge in [0.05, 0.1) is 12.3 Å². The summed E-state index contributed by atoms with van der Waals surface area (Å²) in [6, 6.07) is 11.6. The van der Waals surface area contributed by atoms with E-state index < -0.39 is 0 Å². The predicted octanol–water partition coefficient (Wildman–Crippen LogP) is 3.35. The van der Waals surface area contributed by atoms with Crippen LogP contribution in [0.4, 0.5) is 0 Å². The highest BCUT2D eigenvalue weighted by atomic mass is 79.9. The van der Waals surface area contributed by atoms with Crippen molar-refractivity contribution in [3.8, 4) is 23.0 Å². The molecule has 8 nitrogen and oxygen atoms in total. The quantitative estimate of drug-likeness (QED) is 0.499. The highest BCUT2D eigenvalue weighted by molar-refractivity contribution is 8.93. The lowest BCUT2D eigenvalue weighted by Gasteiger charge is -2.02. The third kappa shape index (κ3) is 5.00. The second-order valence-electron chi connectivity index (χ2n) is 6.70. The summed E-state index contributed by atoms with van der Waals surface area (Å²) in [7, 11) is 0. The van der Waals surface area contributed by atoms with Gasteiger partial charge in [0.15, 0.2) is 23.0 Å². The molecule has 0 fully saturated rings. The van der Waals surface area contributed by atoms with Crippen molar-refractivity contribution in [2.24, 2.45) is 10.1 Å². The highest BCUT2D eigenvalue weighted by Crippen LogP contribution is 2.33. The molecule has 31 heavy (non-hydrogen) atoms. The van der Waals surface area contributed by atoms with E-state index in [1.807, 2.05) is 60.7 Å². The second kappa shape index (κ2) is 9.57. The van der Waals surface area contributed by atoms with E-state index in [4.69, 9.17) is 18.9 Å². The van der Waals surface area contributed by atoms with E-state index in [1.54, 1.807) is 0 Å². The minimum Gasteiger partial charge on any atom is -0.454 e. The number of benzene rings is 2. The van der Waals surface area contributed by atoms with E-state index in [-0.39, 0.29) is 30.6 Å². The Hall–Kier alpha value is -3.46. The maximum absolute atomic E-state index is 5.44. The third-order valence-corrected chi connectivity index (χ3v) is 4.65. The van der Waals surface area contributed by atoms with Gasteiger partial charge in [-0.05, 0) is 47.5 Å². The van der Waals surface area contributed by atoms with Crippen molar-refractivity contribution in [3.63, 3.8) is 0 Å². The summed E-state index contributed by atoms with van der Waals surface area (Å²) in [5, 5.41) is 7.61. The molecule has 2 N–H and O–H groups in total. The molecule has 3 aliphatic heterocycles. The van der Waals surface area contributed by atoms with Crippen LogP contribution in [0, 0.1) is 0 Å². The number of hydrazone groups is 1. The Morgan fingerprint density at radius 3 is 2.00 bits per heavy atom. The van der Waals surface area contributed by atoms with Gasteiger partial charge in [0, 0.05) is 6.54 Å². The molecule has 5 rings (SSSR count). The molecule has 3 aliphatic rings. The Labute approximate surface area is 190 Å². The van der Waals surface area contributed by atoms with E-state index in [1.165, 1.54) is 0 Å². The van der Waals surface area contributed by atoms with E-state index in [9.17, 15) is 0 Å². The Morgan fingerprint density at radius 1 is 0.871 bits per heavy atom. The van der Waals surface area contributed by atoms with Crippen LogP contribution in [0.1, 0.15) is 11.1 Å². The summed E-state index contributed by atoms with van der Waals surface area (Å²) in [6.07, 6.45) is 7.78. The number of nitrogens with one attached hydrogen (secondary N) is 2. The lowest BCUT2D eigenvalue weighted by Crippen LogP contribution is -2.30. The largest absolute Gasteiger partial charge is 0.454 e. The monoisotopic (exact) mass is 484 g/mol. The molecule has 0 aromatic heterocycles.